The highest BCUT2D eigenvalue weighted by molar-refractivity contribution is 5.13. The fraction of sp³-hybridized carbons (Fsp3) is 0.400. The number of rotatable bonds is 5. The van der Waals surface area contributed by atoms with E-state index in [1.54, 1.807) is 6.92 Å². The van der Waals surface area contributed by atoms with Gasteiger partial charge in [-0.2, -0.15) is 0 Å². The Kier molecular flexibility index (Phi) is 4.43. The quantitative estimate of drug-likeness (QED) is 0.517. The number of hydrogen-bond donors (Lipinski definition) is 0. The maximum Gasteiger partial charge on any atom is 0.118 e. The molecule has 0 aliphatic rings. The highest BCUT2D eigenvalue weighted by atomic mass is 19.1. The zero-order chi connectivity index (χ0) is 9.52. The Bertz CT molecular complexity index is 226. The van der Waals surface area contributed by atoms with Crippen molar-refractivity contribution in [2.75, 3.05) is 6.67 Å². The van der Waals surface area contributed by atoms with Gasteiger partial charge in [-0.3, -0.25) is 0 Å². The van der Waals surface area contributed by atoms with Crippen molar-refractivity contribution >= 4 is 0 Å². The van der Waals surface area contributed by atoms with Gasteiger partial charge in [0, 0.05) is 0 Å². The molecule has 0 aliphatic carbocycles. The average Bonchev–Trinajstić information content (AvgIpc) is 2.19. The molecule has 72 valence electrons. The molecule has 1 rings (SSSR count). The largest absolute Gasteiger partial charge is 0.248 e. The molecule has 0 aromatic heterocycles. The molecule has 0 N–H and O–H groups in total. The summed E-state index contributed by atoms with van der Waals surface area (Å²) in [4.78, 5) is 9.55. The van der Waals surface area contributed by atoms with Crippen LogP contribution in [0.4, 0.5) is 4.39 Å². The highest BCUT2D eigenvalue weighted by Gasteiger charge is 2.01. The van der Waals surface area contributed by atoms with Gasteiger partial charge in [-0.25, -0.2) is 14.2 Å². The molecule has 0 amide bonds. The Morgan fingerprint density at radius 2 is 2.00 bits per heavy atom. The normalized spacial score (nSPS) is 12.8. The van der Waals surface area contributed by atoms with Crippen molar-refractivity contribution in [2.45, 2.75) is 19.6 Å². The summed E-state index contributed by atoms with van der Waals surface area (Å²) in [6.45, 7) is 1.44. The van der Waals surface area contributed by atoms with Crippen LogP contribution in [0.5, 0.6) is 0 Å². The molecule has 0 spiro atoms. The van der Waals surface area contributed by atoms with Crippen LogP contribution in [-0.4, -0.2) is 12.8 Å². The van der Waals surface area contributed by atoms with Crippen LogP contribution < -0.4 is 0 Å². The van der Waals surface area contributed by atoms with Gasteiger partial charge >= 0.3 is 0 Å². The van der Waals surface area contributed by atoms with E-state index in [4.69, 9.17) is 9.78 Å². The number of hydrogen-bond acceptors (Lipinski definition) is 2. The van der Waals surface area contributed by atoms with Gasteiger partial charge in [0.25, 0.3) is 0 Å². The minimum absolute atomic E-state index is 0.352. The molecule has 1 atom stereocenters. The molecule has 0 radical (unpaired) electrons. The van der Waals surface area contributed by atoms with E-state index in [0.29, 0.717) is 6.61 Å². The van der Waals surface area contributed by atoms with Gasteiger partial charge in [-0.15, -0.1) is 0 Å². The van der Waals surface area contributed by atoms with Gasteiger partial charge in [-0.1, -0.05) is 30.3 Å². The minimum atomic E-state index is -0.533. The molecule has 0 saturated heterocycles. The second-order valence-corrected chi connectivity index (χ2v) is 2.81. The lowest BCUT2D eigenvalue weighted by Gasteiger charge is -2.07. The van der Waals surface area contributed by atoms with E-state index in [0.717, 1.165) is 5.56 Å². The summed E-state index contributed by atoms with van der Waals surface area (Å²) in [6, 6.07) is 9.59. The SMILES string of the molecule is CC(CF)OOCc1ccccc1. The Morgan fingerprint density at radius 3 is 2.62 bits per heavy atom. The minimum Gasteiger partial charge on any atom is -0.248 e. The van der Waals surface area contributed by atoms with Crippen LogP contribution in [0, 0.1) is 0 Å². The van der Waals surface area contributed by atoms with Crippen molar-refractivity contribution in [3.05, 3.63) is 35.9 Å². The van der Waals surface area contributed by atoms with Crippen molar-refractivity contribution in [3.63, 3.8) is 0 Å². The van der Waals surface area contributed by atoms with Crippen LogP contribution in [0.25, 0.3) is 0 Å². The third kappa shape index (κ3) is 4.01. The molecule has 0 heterocycles. The first-order valence-electron chi connectivity index (χ1n) is 4.21. The van der Waals surface area contributed by atoms with Crippen molar-refractivity contribution in [3.8, 4) is 0 Å². The first kappa shape index (κ1) is 10.2. The zero-order valence-corrected chi connectivity index (χ0v) is 7.57. The van der Waals surface area contributed by atoms with E-state index in [2.05, 4.69) is 0 Å². The number of benzene rings is 1. The third-order valence-electron chi connectivity index (χ3n) is 1.52. The molecule has 2 nitrogen and oxygen atoms in total. The molecule has 1 unspecified atom stereocenters. The molecule has 1 aromatic rings. The molecule has 0 bridgehead atoms. The molecule has 0 saturated carbocycles. The Balaban J connectivity index is 2.20. The average molecular weight is 184 g/mol. The van der Waals surface area contributed by atoms with Gasteiger partial charge in [0.2, 0.25) is 0 Å². The van der Waals surface area contributed by atoms with Crippen molar-refractivity contribution in [1.29, 1.82) is 0 Å². The van der Waals surface area contributed by atoms with Crippen LogP contribution in [0.1, 0.15) is 12.5 Å². The van der Waals surface area contributed by atoms with E-state index < -0.39 is 12.8 Å². The lowest BCUT2D eigenvalue weighted by molar-refractivity contribution is -0.330. The predicted octanol–water partition coefficient (Wildman–Crippen LogP) is 2.49. The zero-order valence-electron chi connectivity index (χ0n) is 7.57. The summed E-state index contributed by atoms with van der Waals surface area (Å²) in [5, 5.41) is 0. The topological polar surface area (TPSA) is 18.5 Å². The lowest BCUT2D eigenvalue weighted by Crippen LogP contribution is -2.10. The van der Waals surface area contributed by atoms with Gasteiger partial charge in [0.15, 0.2) is 0 Å². The number of halogens is 1. The van der Waals surface area contributed by atoms with E-state index >= 15 is 0 Å². The van der Waals surface area contributed by atoms with Gasteiger partial charge < -0.3 is 0 Å². The second kappa shape index (κ2) is 5.67. The molecular weight excluding hydrogens is 171 g/mol. The van der Waals surface area contributed by atoms with E-state index in [1.807, 2.05) is 30.3 Å². The van der Waals surface area contributed by atoms with Crippen molar-refractivity contribution in [2.24, 2.45) is 0 Å². The standard InChI is InChI=1S/C10H13FO2/c1-9(7-11)13-12-8-10-5-3-2-4-6-10/h2-6,9H,7-8H2,1H3. The Labute approximate surface area is 77.2 Å². The van der Waals surface area contributed by atoms with Crippen LogP contribution in [0.15, 0.2) is 30.3 Å². The fourth-order valence-corrected chi connectivity index (χ4v) is 0.818. The third-order valence-corrected chi connectivity index (χ3v) is 1.52. The van der Waals surface area contributed by atoms with Crippen LogP contribution in [0.2, 0.25) is 0 Å². The smallest absolute Gasteiger partial charge is 0.118 e. The Morgan fingerprint density at radius 1 is 1.31 bits per heavy atom. The highest BCUT2D eigenvalue weighted by Crippen LogP contribution is 2.02. The lowest BCUT2D eigenvalue weighted by atomic mass is 10.2. The summed E-state index contributed by atoms with van der Waals surface area (Å²) >= 11 is 0. The molecule has 13 heavy (non-hydrogen) atoms. The summed E-state index contributed by atoms with van der Waals surface area (Å²) in [6.07, 6.45) is -0.497. The maximum absolute atomic E-state index is 11.9. The van der Waals surface area contributed by atoms with Crippen molar-refractivity contribution in [1.82, 2.24) is 0 Å². The first-order valence-corrected chi connectivity index (χ1v) is 4.21. The maximum atomic E-state index is 11.9. The predicted molar refractivity (Wildman–Crippen MR) is 47.8 cm³/mol. The van der Waals surface area contributed by atoms with E-state index in [1.165, 1.54) is 0 Å². The van der Waals surface area contributed by atoms with Crippen LogP contribution in [-0.2, 0) is 16.4 Å². The molecule has 0 fully saturated rings. The van der Waals surface area contributed by atoms with E-state index in [9.17, 15) is 4.39 Å². The summed E-state index contributed by atoms with van der Waals surface area (Å²) in [5.41, 5.74) is 1.01. The number of alkyl halides is 1. The molecule has 1 aromatic carbocycles. The van der Waals surface area contributed by atoms with Crippen LogP contribution in [0.3, 0.4) is 0 Å². The van der Waals surface area contributed by atoms with Crippen molar-refractivity contribution < 1.29 is 14.2 Å². The van der Waals surface area contributed by atoms with E-state index in [-0.39, 0.29) is 0 Å². The van der Waals surface area contributed by atoms with Gasteiger partial charge in [0.05, 0.1) is 0 Å². The van der Waals surface area contributed by atoms with Crippen LogP contribution >= 0.6 is 0 Å². The second-order valence-electron chi connectivity index (χ2n) is 2.81. The Hall–Kier alpha value is -0.930. The molecule has 3 heteroatoms. The molecular formula is C10H13FO2. The monoisotopic (exact) mass is 184 g/mol. The van der Waals surface area contributed by atoms with Gasteiger partial charge in [-0.05, 0) is 12.5 Å². The first-order chi connectivity index (χ1) is 6.33. The summed E-state index contributed by atoms with van der Waals surface area (Å²) in [5.74, 6) is 0. The fourth-order valence-electron chi connectivity index (χ4n) is 0.818. The van der Waals surface area contributed by atoms with Gasteiger partial charge in [0.1, 0.15) is 19.4 Å². The summed E-state index contributed by atoms with van der Waals surface area (Å²) < 4.78 is 11.9. The molecule has 0 aliphatic heterocycles. The summed E-state index contributed by atoms with van der Waals surface area (Å²) in [7, 11) is 0.